The van der Waals surface area contributed by atoms with Crippen molar-refractivity contribution in [2.24, 2.45) is 5.92 Å². The molecule has 0 aromatic heterocycles. The smallest absolute Gasteiger partial charge is 0.408 e. The molecular formula is C29H51N3O8S. The molecule has 3 N–H and O–H groups in total. The number of carbonyl (C=O) groups excluding carboxylic acids is 5. The van der Waals surface area contributed by atoms with Gasteiger partial charge in [-0.05, 0) is 64.9 Å². The molecule has 0 aliphatic carbocycles. The molecule has 3 amide bonds. The minimum absolute atomic E-state index is 0.0176. The topological polar surface area (TPSA) is 149 Å². The van der Waals surface area contributed by atoms with Crippen molar-refractivity contribution >= 4 is 41.6 Å². The van der Waals surface area contributed by atoms with Crippen LogP contribution in [0.1, 0.15) is 87.0 Å². The highest BCUT2D eigenvalue weighted by Gasteiger charge is 2.35. The van der Waals surface area contributed by atoms with Crippen LogP contribution in [-0.4, -0.2) is 78.3 Å². The summed E-state index contributed by atoms with van der Waals surface area (Å²) in [5.41, 5.74) is -0.772. The fraction of sp³-hybridized carbons (Fsp3) is 0.759. The van der Waals surface area contributed by atoms with Gasteiger partial charge in [-0.1, -0.05) is 46.3 Å². The van der Waals surface area contributed by atoms with E-state index in [4.69, 9.17) is 14.2 Å². The number of hydrogen-bond acceptors (Lipinski definition) is 9. The molecule has 0 spiro atoms. The quantitative estimate of drug-likeness (QED) is 0.0867. The van der Waals surface area contributed by atoms with Crippen molar-refractivity contribution in [3.63, 3.8) is 0 Å². The third-order valence-electron chi connectivity index (χ3n) is 5.62. The number of rotatable bonds is 19. The molecule has 0 fully saturated rings. The third-order valence-corrected chi connectivity index (χ3v) is 6.26. The van der Waals surface area contributed by atoms with Crippen LogP contribution in [0, 0.1) is 5.92 Å². The van der Waals surface area contributed by atoms with Crippen LogP contribution in [0.5, 0.6) is 0 Å². The normalized spacial score (nSPS) is 14.2. The van der Waals surface area contributed by atoms with Crippen LogP contribution >= 0.6 is 11.8 Å². The first-order valence-electron chi connectivity index (χ1n) is 14.2. The van der Waals surface area contributed by atoms with Gasteiger partial charge in [-0.25, -0.2) is 14.4 Å². The van der Waals surface area contributed by atoms with Crippen LogP contribution in [0.2, 0.25) is 0 Å². The van der Waals surface area contributed by atoms with Crippen molar-refractivity contribution in [3.8, 4) is 0 Å². The lowest BCUT2D eigenvalue weighted by atomic mass is 10.0. The Morgan fingerprint density at radius 3 is 2.15 bits per heavy atom. The average Bonchev–Trinajstić information content (AvgIpc) is 2.86. The molecule has 0 aliphatic rings. The summed E-state index contributed by atoms with van der Waals surface area (Å²) in [5.74, 6) is -1.87. The third kappa shape index (κ3) is 17.6. The number of ether oxygens (including phenoxy) is 3. The Balaban J connectivity index is 5.78. The van der Waals surface area contributed by atoms with Crippen LogP contribution in [0.4, 0.5) is 4.79 Å². The minimum Gasteiger partial charge on any atom is -0.460 e. The second-order valence-corrected chi connectivity index (χ2v) is 12.2. The number of esters is 2. The van der Waals surface area contributed by atoms with Gasteiger partial charge >= 0.3 is 18.0 Å². The summed E-state index contributed by atoms with van der Waals surface area (Å²) in [6.07, 6.45) is 4.75. The highest BCUT2D eigenvalue weighted by Crippen LogP contribution is 2.13. The van der Waals surface area contributed by atoms with E-state index in [0.29, 0.717) is 18.6 Å². The van der Waals surface area contributed by atoms with Crippen LogP contribution in [0.25, 0.3) is 0 Å². The first kappa shape index (κ1) is 38.2. The van der Waals surface area contributed by atoms with Gasteiger partial charge in [-0.3, -0.25) is 9.59 Å². The van der Waals surface area contributed by atoms with Gasteiger partial charge in [0.05, 0.1) is 0 Å². The molecule has 0 heterocycles. The van der Waals surface area contributed by atoms with E-state index in [9.17, 15) is 24.0 Å². The van der Waals surface area contributed by atoms with E-state index in [0.717, 1.165) is 12.8 Å². The van der Waals surface area contributed by atoms with Crippen molar-refractivity contribution in [2.45, 2.75) is 117 Å². The van der Waals surface area contributed by atoms with Crippen molar-refractivity contribution in [2.75, 3.05) is 18.6 Å². The lowest BCUT2D eigenvalue weighted by molar-refractivity contribution is -0.160. The van der Waals surface area contributed by atoms with Gasteiger partial charge in [-0.2, -0.15) is 11.8 Å². The van der Waals surface area contributed by atoms with Gasteiger partial charge in [0.15, 0.2) is 6.04 Å². The molecule has 0 unspecified atom stereocenters. The van der Waals surface area contributed by atoms with Crippen molar-refractivity contribution in [1.82, 2.24) is 16.0 Å². The van der Waals surface area contributed by atoms with Crippen molar-refractivity contribution < 1.29 is 38.2 Å². The predicted molar refractivity (Wildman–Crippen MR) is 160 cm³/mol. The molecule has 11 nitrogen and oxygen atoms in total. The fourth-order valence-corrected chi connectivity index (χ4v) is 4.10. The first-order valence-corrected chi connectivity index (χ1v) is 15.6. The number of nitrogens with one attached hydrogen (secondary N) is 3. The SMILES string of the molecule is C=CCOC(=O)[C@@H](NC(=O)[C@H](CCSC)NC(=O)CCCCC)[C@@H](C)OC(=O)[C@H](CC(C)C)NC(=O)OC(C)(C)C. The second-order valence-electron chi connectivity index (χ2n) is 11.2. The van der Waals surface area contributed by atoms with E-state index < -0.39 is 53.8 Å². The van der Waals surface area contributed by atoms with E-state index in [-0.39, 0.29) is 31.3 Å². The number of alkyl carbamates (subject to hydrolysis) is 1. The van der Waals surface area contributed by atoms with E-state index in [1.54, 1.807) is 20.8 Å². The molecule has 0 aliphatic heterocycles. The van der Waals surface area contributed by atoms with E-state index in [1.807, 2.05) is 27.0 Å². The maximum absolute atomic E-state index is 13.3. The zero-order valence-corrected chi connectivity index (χ0v) is 26.8. The van der Waals surface area contributed by atoms with Crippen LogP contribution in [-0.2, 0) is 33.4 Å². The van der Waals surface area contributed by atoms with Gasteiger partial charge < -0.3 is 30.2 Å². The molecule has 0 aromatic rings. The first-order chi connectivity index (χ1) is 19.1. The summed E-state index contributed by atoms with van der Waals surface area (Å²) in [5, 5.41) is 7.89. The monoisotopic (exact) mass is 601 g/mol. The van der Waals surface area contributed by atoms with Gasteiger partial charge in [0, 0.05) is 6.42 Å². The number of thioether (sulfide) groups is 1. The van der Waals surface area contributed by atoms with E-state index in [2.05, 4.69) is 22.5 Å². The molecule has 0 rings (SSSR count). The lowest BCUT2D eigenvalue weighted by Crippen LogP contribution is -2.56. The molecule has 4 atom stereocenters. The standard InChI is InChI=1S/C29H51N3O8S/c1-10-12-13-14-23(33)30-21(15-17-41-9)25(34)32-24(27(36)38-16-11-2)20(5)39-26(35)22(18-19(3)4)31-28(37)40-29(6,7)8/h11,19-22,24H,2,10,12-18H2,1,3-9H3,(H,30,33)(H,31,37)(H,32,34)/t20-,21+,22+,24+/m1/s1. The van der Waals surface area contributed by atoms with Crippen molar-refractivity contribution in [1.29, 1.82) is 0 Å². The lowest BCUT2D eigenvalue weighted by Gasteiger charge is -2.28. The molecule has 0 radical (unpaired) electrons. The molecule has 0 saturated heterocycles. The molecule has 12 heteroatoms. The minimum atomic E-state index is -1.37. The number of hydrogen-bond donors (Lipinski definition) is 3. The van der Waals surface area contributed by atoms with E-state index >= 15 is 0 Å². The summed E-state index contributed by atoms with van der Waals surface area (Å²) < 4.78 is 16.0. The second kappa shape index (κ2) is 20.2. The molecule has 0 bridgehead atoms. The fourth-order valence-electron chi connectivity index (χ4n) is 3.63. The van der Waals surface area contributed by atoms with Crippen LogP contribution in [0.3, 0.4) is 0 Å². The van der Waals surface area contributed by atoms with Crippen molar-refractivity contribution in [3.05, 3.63) is 12.7 Å². The van der Waals surface area contributed by atoms with Gasteiger partial charge in [0.2, 0.25) is 11.8 Å². The summed E-state index contributed by atoms with van der Waals surface area (Å²) >= 11 is 1.51. The zero-order chi connectivity index (χ0) is 31.6. The predicted octanol–water partition coefficient (Wildman–Crippen LogP) is 3.89. The maximum Gasteiger partial charge on any atom is 0.408 e. The Morgan fingerprint density at radius 2 is 1.61 bits per heavy atom. The molecule has 236 valence electrons. The summed E-state index contributed by atoms with van der Waals surface area (Å²) in [6, 6.07) is -3.32. The van der Waals surface area contributed by atoms with Gasteiger partial charge in [0.1, 0.15) is 30.4 Å². The molecule has 41 heavy (non-hydrogen) atoms. The Hall–Kier alpha value is -2.76. The number of unbranched alkanes of at least 4 members (excludes halogenated alkanes) is 2. The highest BCUT2D eigenvalue weighted by molar-refractivity contribution is 7.98. The van der Waals surface area contributed by atoms with Crippen LogP contribution in [0.15, 0.2) is 12.7 Å². The van der Waals surface area contributed by atoms with Gasteiger partial charge in [-0.15, -0.1) is 0 Å². The Morgan fingerprint density at radius 1 is 0.951 bits per heavy atom. The van der Waals surface area contributed by atoms with Gasteiger partial charge in [0.25, 0.3) is 0 Å². The Bertz CT molecular complexity index is 859. The highest BCUT2D eigenvalue weighted by atomic mass is 32.2. The summed E-state index contributed by atoms with van der Waals surface area (Å²) in [4.78, 5) is 64.1. The maximum atomic E-state index is 13.3. The van der Waals surface area contributed by atoms with E-state index in [1.165, 1.54) is 24.8 Å². The Labute approximate surface area is 249 Å². The summed E-state index contributed by atoms with van der Waals surface area (Å²) in [6.45, 7) is 15.7. The number of amides is 3. The zero-order valence-electron chi connectivity index (χ0n) is 26.0. The molecule has 0 aromatic carbocycles. The largest absolute Gasteiger partial charge is 0.460 e. The molecular weight excluding hydrogens is 550 g/mol. The molecule has 0 saturated carbocycles. The summed E-state index contributed by atoms with van der Waals surface area (Å²) in [7, 11) is 0. The van der Waals surface area contributed by atoms with Crippen LogP contribution < -0.4 is 16.0 Å². The number of carbonyl (C=O) groups is 5. The Kier molecular flexibility index (Phi) is 18.8. The average molecular weight is 602 g/mol.